The number of hydrogen-bond donors (Lipinski definition) is 1. The van der Waals surface area contributed by atoms with Gasteiger partial charge in [0.25, 0.3) is 0 Å². The van der Waals surface area contributed by atoms with Crippen LogP contribution in [0.2, 0.25) is 0 Å². The van der Waals surface area contributed by atoms with E-state index in [1.807, 2.05) is 31.2 Å². The van der Waals surface area contributed by atoms with Crippen molar-refractivity contribution in [3.05, 3.63) is 71.9 Å². The minimum absolute atomic E-state index is 0.0421. The van der Waals surface area contributed by atoms with Crippen molar-refractivity contribution in [3.63, 3.8) is 0 Å². The van der Waals surface area contributed by atoms with Gasteiger partial charge in [-0.3, -0.25) is 19.7 Å². The molecule has 0 unspecified atom stereocenters. The predicted molar refractivity (Wildman–Crippen MR) is 108 cm³/mol. The molecule has 0 saturated carbocycles. The van der Waals surface area contributed by atoms with Crippen LogP contribution in [-0.2, 0) is 11.2 Å². The molecule has 2 heterocycles. The number of pyridine rings is 1. The molecule has 0 radical (unpaired) electrons. The molecule has 9 heteroatoms. The second-order valence-corrected chi connectivity index (χ2v) is 6.81. The van der Waals surface area contributed by atoms with Gasteiger partial charge in [0, 0.05) is 19.3 Å². The largest absolute Gasteiger partial charge is 0.483 e. The van der Waals surface area contributed by atoms with E-state index in [4.69, 9.17) is 1.37 Å². The van der Waals surface area contributed by atoms with Crippen LogP contribution < -0.4 is 10.1 Å². The molecule has 1 N–H and O–H groups in total. The normalized spacial score (nSPS) is 12.7. The Balaban J connectivity index is 1.59. The van der Waals surface area contributed by atoms with Gasteiger partial charge in [-0.2, -0.15) is 13.2 Å². The SMILES string of the molecule is [2H]C[C@H](NC(=O)Cc1ccc(-c2nccnc2C)cc1)c1ccc(OCC(F)(F)F)cn1. The summed E-state index contributed by atoms with van der Waals surface area (Å²) in [5, 5.41) is 2.73. The maximum atomic E-state index is 12.4. The summed E-state index contributed by atoms with van der Waals surface area (Å²) < 4.78 is 49.0. The number of amides is 1. The Bertz CT molecular complexity index is 1040. The summed E-state index contributed by atoms with van der Waals surface area (Å²) in [7, 11) is 0. The van der Waals surface area contributed by atoms with Gasteiger partial charge in [-0.05, 0) is 31.5 Å². The predicted octanol–water partition coefficient (Wildman–Crippen LogP) is 4.21. The number of aromatic nitrogens is 3. The maximum absolute atomic E-state index is 12.4. The summed E-state index contributed by atoms with van der Waals surface area (Å²) in [6, 6.07) is 9.44. The van der Waals surface area contributed by atoms with Gasteiger partial charge in [0.2, 0.25) is 5.91 Å². The standard InChI is InChI=1S/C22H21F3N4O2/c1-14(19-8-7-18(12-28-19)31-13-22(23,24)25)29-20(30)11-16-3-5-17(6-4-16)21-15(2)26-9-10-27-21/h3-10,12,14H,11,13H2,1-2H3,(H,29,30)/t14-/m0/s1/i1D. The van der Waals surface area contributed by atoms with Gasteiger partial charge >= 0.3 is 6.18 Å². The van der Waals surface area contributed by atoms with E-state index in [1.165, 1.54) is 12.1 Å². The Morgan fingerprint density at radius 3 is 2.48 bits per heavy atom. The van der Waals surface area contributed by atoms with Crippen LogP contribution in [0.1, 0.15) is 31.3 Å². The molecule has 0 bridgehead atoms. The average Bonchev–Trinajstić information content (AvgIpc) is 2.77. The highest BCUT2D eigenvalue weighted by atomic mass is 19.4. The number of halogens is 3. The Kier molecular flexibility index (Phi) is 6.40. The first kappa shape index (κ1) is 20.8. The molecule has 0 spiro atoms. The molecule has 1 amide bonds. The van der Waals surface area contributed by atoms with Crippen LogP contribution in [0.4, 0.5) is 13.2 Å². The number of ether oxygens (including phenoxy) is 1. The lowest BCUT2D eigenvalue weighted by molar-refractivity contribution is -0.153. The fourth-order valence-electron chi connectivity index (χ4n) is 2.82. The lowest BCUT2D eigenvalue weighted by atomic mass is 10.1. The van der Waals surface area contributed by atoms with Gasteiger partial charge in [0.15, 0.2) is 6.61 Å². The molecule has 1 atom stereocenters. The average molecular weight is 431 g/mol. The summed E-state index contributed by atoms with van der Waals surface area (Å²) in [4.78, 5) is 25.0. The number of rotatable bonds is 7. The third kappa shape index (κ3) is 6.50. The first-order valence-corrected chi connectivity index (χ1v) is 9.36. The number of carbonyl (C=O) groups excluding carboxylic acids is 1. The molecule has 0 aliphatic carbocycles. The molecule has 162 valence electrons. The van der Waals surface area contributed by atoms with Gasteiger partial charge < -0.3 is 10.1 Å². The summed E-state index contributed by atoms with van der Waals surface area (Å²) in [5.74, 6) is -0.343. The zero-order valence-electron chi connectivity index (χ0n) is 17.7. The summed E-state index contributed by atoms with van der Waals surface area (Å²) in [6.45, 7) is 0.280. The zero-order chi connectivity index (χ0) is 23.1. The molecular formula is C22H21F3N4O2. The zero-order valence-corrected chi connectivity index (χ0v) is 16.7. The Morgan fingerprint density at radius 2 is 1.87 bits per heavy atom. The van der Waals surface area contributed by atoms with E-state index in [2.05, 4.69) is 25.0 Å². The second-order valence-electron chi connectivity index (χ2n) is 6.81. The molecule has 3 aromatic rings. The highest BCUT2D eigenvalue weighted by Crippen LogP contribution is 2.21. The van der Waals surface area contributed by atoms with Crippen LogP contribution in [-0.4, -0.2) is 33.6 Å². The Hall–Kier alpha value is -3.49. The van der Waals surface area contributed by atoms with Gasteiger partial charge in [-0.15, -0.1) is 0 Å². The third-order valence-electron chi connectivity index (χ3n) is 4.33. The first-order valence-electron chi connectivity index (χ1n) is 10.1. The summed E-state index contributed by atoms with van der Waals surface area (Å²) >= 11 is 0. The maximum Gasteiger partial charge on any atom is 0.422 e. The molecular weight excluding hydrogens is 409 g/mol. The summed E-state index contributed by atoms with van der Waals surface area (Å²) in [6.07, 6.45) is 0.0416. The quantitative estimate of drug-likeness (QED) is 0.607. The topological polar surface area (TPSA) is 77.0 Å². The highest BCUT2D eigenvalue weighted by molar-refractivity contribution is 5.79. The van der Waals surface area contributed by atoms with E-state index >= 15 is 0 Å². The van der Waals surface area contributed by atoms with Crippen molar-refractivity contribution in [2.45, 2.75) is 32.5 Å². The van der Waals surface area contributed by atoms with Crippen molar-refractivity contribution >= 4 is 5.91 Å². The van der Waals surface area contributed by atoms with E-state index in [0.717, 1.165) is 28.7 Å². The summed E-state index contributed by atoms with van der Waals surface area (Å²) in [5.41, 5.74) is 3.60. The molecule has 0 aliphatic rings. The highest BCUT2D eigenvalue weighted by Gasteiger charge is 2.28. The molecule has 3 rings (SSSR count). The molecule has 0 fully saturated rings. The third-order valence-corrected chi connectivity index (χ3v) is 4.33. The van der Waals surface area contributed by atoms with Crippen LogP contribution in [0.3, 0.4) is 0 Å². The fourth-order valence-corrected chi connectivity index (χ4v) is 2.82. The van der Waals surface area contributed by atoms with E-state index in [9.17, 15) is 18.0 Å². The Morgan fingerprint density at radius 1 is 1.13 bits per heavy atom. The van der Waals surface area contributed by atoms with Gasteiger partial charge in [-0.25, -0.2) is 0 Å². The second kappa shape index (κ2) is 9.55. The minimum atomic E-state index is -4.44. The number of benzene rings is 1. The van der Waals surface area contributed by atoms with Crippen LogP contribution in [0.15, 0.2) is 55.0 Å². The van der Waals surface area contributed by atoms with E-state index in [-0.39, 0.29) is 25.0 Å². The molecule has 6 nitrogen and oxygen atoms in total. The van der Waals surface area contributed by atoms with Gasteiger partial charge in [0.05, 0.1) is 35.7 Å². The lowest BCUT2D eigenvalue weighted by Crippen LogP contribution is -2.28. The monoisotopic (exact) mass is 431 g/mol. The molecule has 1 aromatic carbocycles. The molecule has 0 saturated heterocycles. The van der Waals surface area contributed by atoms with E-state index in [1.54, 1.807) is 12.4 Å². The molecule has 2 aromatic heterocycles. The Labute approximate surface area is 178 Å². The number of nitrogens with one attached hydrogen (secondary N) is 1. The lowest BCUT2D eigenvalue weighted by Gasteiger charge is -2.14. The number of hydrogen-bond acceptors (Lipinski definition) is 5. The minimum Gasteiger partial charge on any atom is -0.483 e. The van der Waals surface area contributed by atoms with Gasteiger partial charge in [0.1, 0.15) is 5.75 Å². The van der Waals surface area contributed by atoms with Crippen molar-refractivity contribution in [1.29, 1.82) is 0 Å². The number of alkyl halides is 3. The molecule has 0 aliphatic heterocycles. The van der Waals surface area contributed by atoms with Crippen molar-refractivity contribution in [2.24, 2.45) is 0 Å². The van der Waals surface area contributed by atoms with Crippen molar-refractivity contribution in [3.8, 4) is 17.0 Å². The molecule has 31 heavy (non-hydrogen) atoms. The number of aryl methyl sites for hydroxylation is 1. The first-order chi connectivity index (χ1) is 15.2. The van der Waals surface area contributed by atoms with Crippen LogP contribution in [0.5, 0.6) is 5.75 Å². The van der Waals surface area contributed by atoms with Crippen molar-refractivity contribution < 1.29 is 24.1 Å². The van der Waals surface area contributed by atoms with E-state index < -0.39 is 18.8 Å². The van der Waals surface area contributed by atoms with Crippen LogP contribution in [0, 0.1) is 6.92 Å². The number of nitrogens with zero attached hydrogens (tertiary/aromatic N) is 3. The van der Waals surface area contributed by atoms with Crippen molar-refractivity contribution in [1.82, 2.24) is 20.3 Å². The fraction of sp³-hybridized carbons (Fsp3) is 0.273. The van der Waals surface area contributed by atoms with E-state index in [0.29, 0.717) is 5.69 Å². The number of carbonyl (C=O) groups is 1. The van der Waals surface area contributed by atoms with Gasteiger partial charge in [-0.1, -0.05) is 24.3 Å². The smallest absolute Gasteiger partial charge is 0.422 e. The van der Waals surface area contributed by atoms with Crippen LogP contribution >= 0.6 is 0 Å². The van der Waals surface area contributed by atoms with Crippen molar-refractivity contribution in [2.75, 3.05) is 6.61 Å². The van der Waals surface area contributed by atoms with Crippen LogP contribution in [0.25, 0.3) is 11.3 Å².